The minimum atomic E-state index is -0.395. The molecule has 0 aromatic heterocycles. The van der Waals surface area contributed by atoms with Crippen LogP contribution in [0.2, 0.25) is 0 Å². The van der Waals surface area contributed by atoms with Crippen LogP contribution >= 0.6 is 0 Å². The molecule has 21 heavy (non-hydrogen) atoms. The number of nitrogens with two attached hydrogens (primary N) is 1. The van der Waals surface area contributed by atoms with Crippen LogP contribution in [0.3, 0.4) is 0 Å². The summed E-state index contributed by atoms with van der Waals surface area (Å²) in [6.45, 7) is 5.25. The van der Waals surface area contributed by atoms with Gasteiger partial charge in [-0.05, 0) is 25.2 Å². The predicted octanol–water partition coefficient (Wildman–Crippen LogP) is 0.682. The third-order valence-corrected chi connectivity index (χ3v) is 3.68. The summed E-state index contributed by atoms with van der Waals surface area (Å²) in [7, 11) is 3.63. The highest BCUT2D eigenvalue weighted by molar-refractivity contribution is 5.93. The van der Waals surface area contributed by atoms with Crippen molar-refractivity contribution in [2.24, 2.45) is 0 Å². The number of hydrogen-bond acceptors (Lipinski definition) is 6. The van der Waals surface area contributed by atoms with E-state index in [4.69, 9.17) is 15.2 Å². The molecule has 2 N–H and O–H groups in total. The molecular formula is C15H23N3O3. The van der Waals surface area contributed by atoms with E-state index >= 15 is 0 Å². The molecule has 1 aromatic rings. The van der Waals surface area contributed by atoms with E-state index in [0.29, 0.717) is 23.6 Å². The second-order valence-electron chi connectivity index (χ2n) is 5.24. The van der Waals surface area contributed by atoms with Crippen LogP contribution in [0.15, 0.2) is 18.2 Å². The molecule has 0 radical (unpaired) electrons. The Morgan fingerprint density at radius 1 is 1.29 bits per heavy atom. The number of benzene rings is 1. The average Bonchev–Trinajstić information content (AvgIpc) is 2.49. The quantitative estimate of drug-likeness (QED) is 0.636. The van der Waals surface area contributed by atoms with Crippen LogP contribution in [-0.2, 0) is 4.74 Å². The van der Waals surface area contributed by atoms with E-state index in [2.05, 4.69) is 16.8 Å². The fourth-order valence-electron chi connectivity index (χ4n) is 2.30. The number of esters is 1. The molecule has 116 valence electrons. The molecule has 1 aliphatic rings. The number of nitrogen functional groups attached to an aromatic ring is 1. The van der Waals surface area contributed by atoms with Gasteiger partial charge in [0.15, 0.2) is 0 Å². The maximum absolute atomic E-state index is 12.1. The normalized spacial score (nSPS) is 16.7. The minimum absolute atomic E-state index is 0.371. The summed E-state index contributed by atoms with van der Waals surface area (Å²) in [5.74, 6) is 0.0853. The summed E-state index contributed by atoms with van der Waals surface area (Å²) in [5.41, 5.74) is 6.59. The van der Waals surface area contributed by atoms with Gasteiger partial charge in [0.1, 0.15) is 17.9 Å². The first-order valence-corrected chi connectivity index (χ1v) is 7.11. The lowest BCUT2D eigenvalue weighted by atomic mass is 10.2. The fourth-order valence-corrected chi connectivity index (χ4v) is 2.30. The maximum Gasteiger partial charge on any atom is 0.342 e. The topological polar surface area (TPSA) is 68.0 Å². The molecule has 0 aliphatic carbocycles. The van der Waals surface area contributed by atoms with E-state index in [9.17, 15) is 4.79 Å². The van der Waals surface area contributed by atoms with Crippen molar-refractivity contribution in [3.63, 3.8) is 0 Å². The highest BCUT2D eigenvalue weighted by atomic mass is 16.5. The first-order valence-electron chi connectivity index (χ1n) is 7.11. The van der Waals surface area contributed by atoms with Crippen LogP contribution in [-0.4, -0.2) is 69.3 Å². The van der Waals surface area contributed by atoms with E-state index in [0.717, 1.165) is 32.7 Å². The fraction of sp³-hybridized carbons (Fsp3) is 0.533. The van der Waals surface area contributed by atoms with Gasteiger partial charge in [-0.2, -0.15) is 0 Å². The van der Waals surface area contributed by atoms with Crippen LogP contribution in [0, 0.1) is 0 Å². The Balaban J connectivity index is 1.83. The number of anilines is 1. The van der Waals surface area contributed by atoms with Gasteiger partial charge in [0, 0.05) is 38.4 Å². The summed E-state index contributed by atoms with van der Waals surface area (Å²) in [5, 5.41) is 0. The number of nitrogens with zero attached hydrogens (tertiary/aromatic N) is 2. The highest BCUT2D eigenvalue weighted by Gasteiger charge is 2.16. The van der Waals surface area contributed by atoms with E-state index in [1.54, 1.807) is 18.2 Å². The molecule has 6 heteroatoms. The summed E-state index contributed by atoms with van der Waals surface area (Å²) in [4.78, 5) is 16.7. The van der Waals surface area contributed by atoms with Gasteiger partial charge in [0.2, 0.25) is 0 Å². The van der Waals surface area contributed by atoms with Crippen LogP contribution in [0.5, 0.6) is 5.75 Å². The van der Waals surface area contributed by atoms with Crippen LogP contribution in [0.25, 0.3) is 0 Å². The monoisotopic (exact) mass is 293 g/mol. The summed E-state index contributed by atoms with van der Waals surface area (Å²) in [6, 6.07) is 4.95. The number of piperazine rings is 1. The molecule has 0 saturated carbocycles. The predicted molar refractivity (Wildman–Crippen MR) is 81.6 cm³/mol. The molecule has 1 heterocycles. The summed E-state index contributed by atoms with van der Waals surface area (Å²) >= 11 is 0. The Morgan fingerprint density at radius 3 is 2.67 bits per heavy atom. The zero-order valence-corrected chi connectivity index (χ0v) is 12.7. The van der Waals surface area contributed by atoms with Crippen molar-refractivity contribution in [1.82, 2.24) is 9.80 Å². The molecule has 0 bridgehead atoms. The standard InChI is InChI=1S/C15H23N3O3/c1-17-5-7-18(8-6-17)9-10-21-15(19)13-11-12(16)3-4-14(13)20-2/h3-4,11H,5-10,16H2,1-2H3. The van der Waals surface area contributed by atoms with Gasteiger partial charge < -0.3 is 20.1 Å². The lowest BCUT2D eigenvalue weighted by Crippen LogP contribution is -2.45. The number of carbonyl (C=O) groups excluding carboxylic acids is 1. The van der Waals surface area contributed by atoms with Crippen LogP contribution in [0.1, 0.15) is 10.4 Å². The summed E-state index contributed by atoms with van der Waals surface area (Å²) in [6.07, 6.45) is 0. The van der Waals surface area contributed by atoms with Gasteiger partial charge in [0.25, 0.3) is 0 Å². The van der Waals surface area contributed by atoms with E-state index in [1.807, 2.05) is 0 Å². The first kappa shape index (κ1) is 15.6. The van der Waals surface area contributed by atoms with Gasteiger partial charge in [0.05, 0.1) is 7.11 Å². The molecule has 6 nitrogen and oxygen atoms in total. The van der Waals surface area contributed by atoms with Crippen molar-refractivity contribution in [3.8, 4) is 5.75 Å². The van der Waals surface area contributed by atoms with Gasteiger partial charge >= 0.3 is 5.97 Å². The van der Waals surface area contributed by atoms with E-state index in [1.165, 1.54) is 7.11 Å². The number of methoxy groups -OCH3 is 1. The van der Waals surface area contributed by atoms with Gasteiger partial charge in [-0.25, -0.2) is 4.79 Å². The van der Waals surface area contributed by atoms with Crippen molar-refractivity contribution in [1.29, 1.82) is 0 Å². The van der Waals surface area contributed by atoms with Crippen LogP contribution < -0.4 is 10.5 Å². The van der Waals surface area contributed by atoms with Crippen molar-refractivity contribution in [2.75, 3.05) is 59.2 Å². The molecule has 0 unspecified atom stereocenters. The Kier molecular flexibility index (Phi) is 5.41. The number of hydrogen-bond donors (Lipinski definition) is 1. The molecule has 0 amide bonds. The number of ether oxygens (including phenoxy) is 2. The lowest BCUT2D eigenvalue weighted by molar-refractivity contribution is 0.0429. The zero-order valence-electron chi connectivity index (χ0n) is 12.7. The summed E-state index contributed by atoms with van der Waals surface area (Å²) < 4.78 is 10.5. The Hall–Kier alpha value is -1.79. The first-order chi connectivity index (χ1) is 10.1. The Morgan fingerprint density at radius 2 is 2.00 bits per heavy atom. The second kappa shape index (κ2) is 7.28. The second-order valence-corrected chi connectivity index (χ2v) is 5.24. The van der Waals surface area contributed by atoms with Gasteiger partial charge in [-0.1, -0.05) is 0 Å². The molecule has 1 aliphatic heterocycles. The number of rotatable bonds is 5. The SMILES string of the molecule is COc1ccc(N)cc1C(=O)OCCN1CCN(C)CC1. The van der Waals surface area contributed by atoms with Crippen LogP contribution in [0.4, 0.5) is 5.69 Å². The smallest absolute Gasteiger partial charge is 0.342 e. The highest BCUT2D eigenvalue weighted by Crippen LogP contribution is 2.21. The number of carbonyl (C=O) groups is 1. The van der Waals surface area contributed by atoms with Crippen molar-refractivity contribution < 1.29 is 14.3 Å². The van der Waals surface area contributed by atoms with E-state index < -0.39 is 5.97 Å². The van der Waals surface area contributed by atoms with Gasteiger partial charge in [-0.15, -0.1) is 0 Å². The minimum Gasteiger partial charge on any atom is -0.496 e. The van der Waals surface area contributed by atoms with Crippen molar-refractivity contribution >= 4 is 11.7 Å². The molecule has 0 spiro atoms. The molecule has 1 aromatic carbocycles. The third kappa shape index (κ3) is 4.34. The largest absolute Gasteiger partial charge is 0.496 e. The third-order valence-electron chi connectivity index (χ3n) is 3.68. The Labute approximate surface area is 125 Å². The lowest BCUT2D eigenvalue weighted by Gasteiger charge is -2.32. The van der Waals surface area contributed by atoms with Crippen molar-refractivity contribution in [2.45, 2.75) is 0 Å². The number of likely N-dealkylation sites (N-methyl/N-ethyl adjacent to an activating group) is 1. The molecule has 2 rings (SSSR count). The average molecular weight is 293 g/mol. The maximum atomic E-state index is 12.1. The zero-order chi connectivity index (χ0) is 15.2. The molecular weight excluding hydrogens is 270 g/mol. The Bertz CT molecular complexity index is 485. The molecule has 1 saturated heterocycles. The molecule has 0 atom stereocenters. The van der Waals surface area contributed by atoms with Crippen molar-refractivity contribution in [3.05, 3.63) is 23.8 Å². The van der Waals surface area contributed by atoms with E-state index in [-0.39, 0.29) is 0 Å². The molecule has 1 fully saturated rings. The van der Waals surface area contributed by atoms with Gasteiger partial charge in [-0.3, -0.25) is 4.90 Å².